The summed E-state index contributed by atoms with van der Waals surface area (Å²) in [5.74, 6) is -0.887. The molecule has 0 aliphatic carbocycles. The molecule has 0 unspecified atom stereocenters. The van der Waals surface area contributed by atoms with E-state index in [9.17, 15) is 18.0 Å². The topological polar surface area (TPSA) is 86.8 Å². The fourth-order valence-electron chi connectivity index (χ4n) is 4.15. The Morgan fingerprint density at radius 2 is 1.63 bits per heavy atom. The lowest BCUT2D eigenvalue weighted by Gasteiger charge is -2.34. The van der Waals surface area contributed by atoms with Crippen LogP contribution in [0.2, 0.25) is 10.0 Å². The molecule has 0 aromatic heterocycles. The summed E-state index contributed by atoms with van der Waals surface area (Å²) in [5, 5.41) is 3.71. The average Bonchev–Trinajstić information content (AvgIpc) is 2.86. The second-order valence-electron chi connectivity index (χ2n) is 8.91. The monoisotopic (exact) mass is 575 g/mol. The summed E-state index contributed by atoms with van der Waals surface area (Å²) in [4.78, 5) is 28.7. The van der Waals surface area contributed by atoms with Crippen LogP contribution in [0.4, 0.5) is 5.69 Å². The first kappa shape index (κ1) is 29.5. The zero-order valence-corrected chi connectivity index (χ0v) is 23.9. The number of sulfonamides is 1. The molecule has 0 spiro atoms. The highest BCUT2D eigenvalue weighted by molar-refractivity contribution is 7.92. The first-order valence-corrected chi connectivity index (χ1v) is 14.7. The molecule has 0 bridgehead atoms. The maximum absolute atomic E-state index is 14.0. The molecule has 0 radical (unpaired) electrons. The number of carbonyl (C=O) groups excluding carboxylic acids is 2. The van der Waals surface area contributed by atoms with E-state index in [2.05, 4.69) is 5.32 Å². The van der Waals surface area contributed by atoms with Crippen LogP contribution in [0.3, 0.4) is 0 Å². The second-order valence-corrected chi connectivity index (χ2v) is 11.7. The minimum Gasteiger partial charge on any atom is -0.355 e. The van der Waals surface area contributed by atoms with E-state index in [1.807, 2.05) is 30.3 Å². The molecule has 7 nitrogen and oxygen atoms in total. The molecule has 38 heavy (non-hydrogen) atoms. The van der Waals surface area contributed by atoms with E-state index in [1.165, 1.54) is 4.90 Å². The lowest BCUT2D eigenvalue weighted by atomic mass is 10.0. The Balaban J connectivity index is 2.07. The molecule has 0 saturated carbocycles. The Morgan fingerprint density at radius 1 is 0.974 bits per heavy atom. The summed E-state index contributed by atoms with van der Waals surface area (Å²) >= 11 is 12.5. The normalized spacial score (nSPS) is 12.0. The van der Waals surface area contributed by atoms with Gasteiger partial charge in [-0.3, -0.25) is 13.9 Å². The van der Waals surface area contributed by atoms with E-state index >= 15 is 0 Å². The molecule has 2 amide bonds. The maximum Gasteiger partial charge on any atom is 0.244 e. The molecule has 0 fully saturated rings. The number of carbonyl (C=O) groups is 2. The van der Waals surface area contributed by atoms with E-state index in [0.29, 0.717) is 33.4 Å². The van der Waals surface area contributed by atoms with Gasteiger partial charge in [0, 0.05) is 29.6 Å². The number of likely N-dealkylation sites (N-methyl/N-ethyl adjacent to an activating group) is 1. The number of nitrogens with zero attached hydrogens (tertiary/aromatic N) is 2. The molecule has 0 aliphatic rings. The molecule has 1 atom stereocenters. The van der Waals surface area contributed by atoms with E-state index in [4.69, 9.17) is 23.2 Å². The van der Waals surface area contributed by atoms with Crippen molar-refractivity contribution in [2.75, 3.05) is 23.7 Å². The number of aryl methyl sites for hydroxylation is 1. The highest BCUT2D eigenvalue weighted by atomic mass is 35.5. The molecule has 3 aromatic rings. The quantitative estimate of drug-likeness (QED) is 0.354. The summed E-state index contributed by atoms with van der Waals surface area (Å²) in [6.07, 6.45) is 1.28. The van der Waals surface area contributed by atoms with Crippen molar-refractivity contribution in [1.29, 1.82) is 0 Å². The molecule has 1 N–H and O–H groups in total. The minimum atomic E-state index is -3.86. The number of hydrogen-bond acceptors (Lipinski definition) is 4. The van der Waals surface area contributed by atoms with Gasteiger partial charge in [0.15, 0.2) is 0 Å². The van der Waals surface area contributed by atoms with Gasteiger partial charge in [-0.25, -0.2) is 8.42 Å². The smallest absolute Gasteiger partial charge is 0.244 e. The number of rotatable bonds is 11. The summed E-state index contributed by atoms with van der Waals surface area (Å²) in [7, 11) is -3.86. The molecular formula is C28H31Cl2N3O4S. The predicted octanol–water partition coefficient (Wildman–Crippen LogP) is 4.84. The lowest BCUT2D eigenvalue weighted by Crippen LogP contribution is -2.53. The molecular weight excluding hydrogens is 545 g/mol. The highest BCUT2D eigenvalue weighted by Gasteiger charge is 2.33. The number of halogens is 2. The third kappa shape index (κ3) is 7.72. The molecule has 0 aliphatic heterocycles. The molecule has 10 heteroatoms. The van der Waals surface area contributed by atoms with Crippen LogP contribution in [0, 0.1) is 6.92 Å². The van der Waals surface area contributed by atoms with Gasteiger partial charge in [-0.15, -0.1) is 0 Å². The maximum atomic E-state index is 14.0. The number of nitrogens with one attached hydrogen (secondary N) is 1. The summed E-state index contributed by atoms with van der Waals surface area (Å²) < 4.78 is 26.8. The van der Waals surface area contributed by atoms with Crippen molar-refractivity contribution in [3.8, 4) is 0 Å². The first-order chi connectivity index (χ1) is 18.0. The van der Waals surface area contributed by atoms with Crippen LogP contribution in [0.15, 0.2) is 72.8 Å². The highest BCUT2D eigenvalue weighted by Crippen LogP contribution is 2.27. The molecule has 0 heterocycles. The van der Waals surface area contributed by atoms with E-state index in [-0.39, 0.29) is 18.9 Å². The third-order valence-corrected chi connectivity index (χ3v) is 7.76. The Kier molecular flexibility index (Phi) is 10.2. The Hall–Kier alpha value is -3.07. The van der Waals surface area contributed by atoms with E-state index in [0.717, 1.165) is 16.1 Å². The van der Waals surface area contributed by atoms with Crippen LogP contribution in [0.1, 0.15) is 23.6 Å². The fourth-order valence-corrected chi connectivity index (χ4v) is 5.48. The largest absolute Gasteiger partial charge is 0.355 e. The van der Waals surface area contributed by atoms with Crippen molar-refractivity contribution in [3.05, 3.63) is 99.5 Å². The van der Waals surface area contributed by atoms with Gasteiger partial charge >= 0.3 is 0 Å². The number of hydrogen-bond donors (Lipinski definition) is 1. The van der Waals surface area contributed by atoms with Gasteiger partial charge in [-0.2, -0.15) is 0 Å². The standard InChI is InChI=1S/C28H31Cl2N3O4S/c1-4-31-28(35)26(17-21-10-6-5-7-11-21)32(18-22-12-8-9-13-24(22)30)27(34)19-33(38(3,36)37)25-15-14-23(29)16-20(25)2/h5-16,26H,4,17-19H2,1-3H3,(H,31,35)/t26-/m1/s1. The predicted molar refractivity (Wildman–Crippen MR) is 153 cm³/mol. The van der Waals surface area contributed by atoms with Crippen LogP contribution >= 0.6 is 23.2 Å². The van der Waals surface area contributed by atoms with Crippen LogP contribution in [-0.2, 0) is 32.6 Å². The molecule has 3 aromatic carbocycles. The Bertz CT molecular complexity index is 1380. The average molecular weight is 577 g/mol. The summed E-state index contributed by atoms with van der Waals surface area (Å²) in [6, 6.07) is 20.3. The minimum absolute atomic E-state index is 0.0182. The summed E-state index contributed by atoms with van der Waals surface area (Å²) in [5.41, 5.74) is 2.42. The Morgan fingerprint density at radius 3 is 2.24 bits per heavy atom. The fraction of sp³-hybridized carbons (Fsp3) is 0.286. The SMILES string of the molecule is CCNC(=O)[C@@H](Cc1ccccc1)N(Cc1ccccc1Cl)C(=O)CN(c1ccc(Cl)cc1C)S(C)(=O)=O. The van der Waals surface area contributed by atoms with Gasteiger partial charge in [0.05, 0.1) is 11.9 Å². The van der Waals surface area contributed by atoms with Gasteiger partial charge in [-0.05, 0) is 54.8 Å². The number of benzene rings is 3. The van der Waals surface area contributed by atoms with Gasteiger partial charge in [0.25, 0.3) is 0 Å². The molecule has 0 saturated heterocycles. The third-order valence-electron chi connectivity index (χ3n) is 6.03. The van der Waals surface area contributed by atoms with Gasteiger partial charge in [0.1, 0.15) is 12.6 Å². The van der Waals surface area contributed by atoms with Crippen molar-refractivity contribution < 1.29 is 18.0 Å². The van der Waals surface area contributed by atoms with Crippen LogP contribution in [0.5, 0.6) is 0 Å². The van der Waals surface area contributed by atoms with E-state index < -0.39 is 28.5 Å². The van der Waals surface area contributed by atoms with Crippen LogP contribution in [-0.4, -0.2) is 50.5 Å². The van der Waals surface area contributed by atoms with Gasteiger partial charge in [0.2, 0.25) is 21.8 Å². The Labute approximate surface area is 234 Å². The molecule has 202 valence electrons. The van der Waals surface area contributed by atoms with Crippen molar-refractivity contribution in [1.82, 2.24) is 10.2 Å². The number of amides is 2. The number of anilines is 1. The van der Waals surface area contributed by atoms with Crippen LogP contribution in [0.25, 0.3) is 0 Å². The first-order valence-electron chi connectivity index (χ1n) is 12.1. The lowest BCUT2D eigenvalue weighted by molar-refractivity contribution is -0.140. The zero-order chi connectivity index (χ0) is 27.9. The zero-order valence-electron chi connectivity index (χ0n) is 21.5. The van der Waals surface area contributed by atoms with Crippen molar-refractivity contribution in [3.63, 3.8) is 0 Å². The summed E-state index contributed by atoms with van der Waals surface area (Å²) in [6.45, 7) is 3.41. The van der Waals surface area contributed by atoms with Crippen molar-refractivity contribution in [2.45, 2.75) is 32.9 Å². The van der Waals surface area contributed by atoms with Crippen molar-refractivity contribution >= 4 is 50.7 Å². The van der Waals surface area contributed by atoms with Crippen molar-refractivity contribution in [2.24, 2.45) is 0 Å². The van der Waals surface area contributed by atoms with Crippen LogP contribution < -0.4 is 9.62 Å². The second kappa shape index (κ2) is 13.1. The molecule has 3 rings (SSSR count). The van der Waals surface area contributed by atoms with Gasteiger partial charge < -0.3 is 10.2 Å². The van der Waals surface area contributed by atoms with E-state index in [1.54, 1.807) is 56.3 Å². The van der Waals surface area contributed by atoms with Gasteiger partial charge in [-0.1, -0.05) is 71.7 Å².